The zero-order valence-electron chi connectivity index (χ0n) is 11.7. The van der Waals surface area contributed by atoms with E-state index in [9.17, 15) is 19.5 Å². The number of thioether (sulfide) groups is 1. The van der Waals surface area contributed by atoms with Gasteiger partial charge in [0.2, 0.25) is 0 Å². The molecular formula is C14H12N2O5S2. The van der Waals surface area contributed by atoms with Crippen LogP contribution in [0.4, 0.5) is 0 Å². The molecular weight excluding hydrogens is 340 g/mol. The van der Waals surface area contributed by atoms with Gasteiger partial charge in [-0.05, 0) is 24.1 Å². The molecule has 0 aliphatic carbocycles. The predicted octanol–water partition coefficient (Wildman–Crippen LogP) is 1.60. The first-order chi connectivity index (χ1) is 10.9. The van der Waals surface area contributed by atoms with Crippen LogP contribution >= 0.6 is 24.0 Å². The third-order valence-corrected chi connectivity index (χ3v) is 4.36. The Labute approximate surface area is 141 Å². The summed E-state index contributed by atoms with van der Waals surface area (Å²) in [5, 5.41) is 18.0. The summed E-state index contributed by atoms with van der Waals surface area (Å²) in [6, 6.07) is 2.16. The van der Waals surface area contributed by atoms with Gasteiger partial charge in [0.25, 0.3) is 5.91 Å². The molecule has 2 N–H and O–H groups in total. The van der Waals surface area contributed by atoms with Crippen LogP contribution in [-0.2, 0) is 14.4 Å². The molecule has 0 spiro atoms. The monoisotopic (exact) mass is 352 g/mol. The molecule has 1 fully saturated rings. The maximum atomic E-state index is 12.4. The maximum Gasteiger partial charge on any atom is 0.326 e. The van der Waals surface area contributed by atoms with Gasteiger partial charge in [-0.3, -0.25) is 19.5 Å². The van der Waals surface area contributed by atoms with Crippen molar-refractivity contribution < 1.29 is 24.6 Å². The van der Waals surface area contributed by atoms with Crippen LogP contribution in [0, 0.1) is 0 Å². The molecule has 1 aliphatic heterocycles. The fourth-order valence-corrected chi connectivity index (χ4v) is 3.34. The number of aromatic nitrogens is 1. The summed E-state index contributed by atoms with van der Waals surface area (Å²) in [5.41, 5.74) is 0.686. The van der Waals surface area contributed by atoms with E-state index in [1.807, 2.05) is 0 Å². The van der Waals surface area contributed by atoms with Crippen molar-refractivity contribution in [1.82, 2.24) is 9.88 Å². The molecule has 0 aromatic carbocycles. The van der Waals surface area contributed by atoms with Crippen LogP contribution in [0.5, 0.6) is 0 Å². The molecule has 9 heteroatoms. The van der Waals surface area contributed by atoms with E-state index in [2.05, 4.69) is 4.98 Å². The number of hydrogen-bond donors (Lipinski definition) is 2. The molecule has 1 saturated heterocycles. The number of aliphatic carboxylic acids is 2. The Bertz CT molecular complexity index is 690. The van der Waals surface area contributed by atoms with Crippen LogP contribution in [0.15, 0.2) is 29.4 Å². The van der Waals surface area contributed by atoms with Crippen molar-refractivity contribution in [2.45, 2.75) is 18.9 Å². The molecule has 1 aliphatic rings. The molecule has 0 bridgehead atoms. The van der Waals surface area contributed by atoms with E-state index >= 15 is 0 Å². The molecule has 120 valence electrons. The summed E-state index contributed by atoms with van der Waals surface area (Å²) in [6.45, 7) is 0. The third-order valence-electron chi connectivity index (χ3n) is 3.03. The van der Waals surface area contributed by atoms with Crippen molar-refractivity contribution >= 4 is 52.2 Å². The molecule has 2 heterocycles. The highest BCUT2D eigenvalue weighted by Crippen LogP contribution is 2.34. The Balaban J connectivity index is 2.24. The van der Waals surface area contributed by atoms with E-state index in [4.69, 9.17) is 17.3 Å². The molecule has 1 atom stereocenters. The van der Waals surface area contributed by atoms with Gasteiger partial charge in [-0.1, -0.05) is 30.0 Å². The zero-order valence-corrected chi connectivity index (χ0v) is 13.3. The van der Waals surface area contributed by atoms with E-state index in [0.717, 1.165) is 16.7 Å². The Kier molecular flexibility index (Phi) is 5.45. The highest BCUT2D eigenvalue weighted by Gasteiger charge is 2.40. The molecule has 1 aromatic heterocycles. The van der Waals surface area contributed by atoms with Crippen molar-refractivity contribution in [3.05, 3.63) is 35.0 Å². The van der Waals surface area contributed by atoms with Crippen molar-refractivity contribution in [2.75, 3.05) is 0 Å². The summed E-state index contributed by atoms with van der Waals surface area (Å²) in [7, 11) is 0. The number of carbonyl (C=O) groups is 3. The van der Waals surface area contributed by atoms with Gasteiger partial charge < -0.3 is 10.2 Å². The highest BCUT2D eigenvalue weighted by atomic mass is 32.2. The van der Waals surface area contributed by atoms with Gasteiger partial charge in [0.1, 0.15) is 10.4 Å². The Hall–Kier alpha value is -2.26. The number of carbonyl (C=O) groups excluding carboxylic acids is 1. The van der Waals surface area contributed by atoms with Crippen molar-refractivity contribution in [2.24, 2.45) is 0 Å². The first-order valence-electron chi connectivity index (χ1n) is 6.52. The van der Waals surface area contributed by atoms with Gasteiger partial charge in [-0.2, -0.15) is 0 Å². The summed E-state index contributed by atoms with van der Waals surface area (Å²) < 4.78 is 0.0999. The minimum atomic E-state index is -1.29. The second-order valence-corrected chi connectivity index (χ2v) is 6.30. The zero-order chi connectivity index (χ0) is 17.0. The van der Waals surface area contributed by atoms with Crippen LogP contribution in [0.3, 0.4) is 0 Å². The second-order valence-electron chi connectivity index (χ2n) is 4.62. The number of rotatable bonds is 6. The van der Waals surface area contributed by atoms with Crippen LogP contribution < -0.4 is 0 Å². The van der Waals surface area contributed by atoms with Gasteiger partial charge >= 0.3 is 11.9 Å². The van der Waals surface area contributed by atoms with Crippen LogP contribution in [0.2, 0.25) is 0 Å². The van der Waals surface area contributed by atoms with Gasteiger partial charge in [0, 0.05) is 18.8 Å². The second kappa shape index (κ2) is 7.34. The average Bonchev–Trinajstić information content (AvgIpc) is 2.75. The summed E-state index contributed by atoms with van der Waals surface area (Å²) in [4.78, 5) is 39.6. The Morgan fingerprint density at radius 1 is 1.43 bits per heavy atom. The Morgan fingerprint density at radius 2 is 2.17 bits per heavy atom. The number of amides is 1. The lowest BCUT2D eigenvalue weighted by molar-refractivity contribution is -0.146. The maximum absolute atomic E-state index is 12.4. The fraction of sp³-hybridized carbons (Fsp3) is 0.214. The molecule has 0 saturated carbocycles. The van der Waals surface area contributed by atoms with Crippen LogP contribution in [0.25, 0.3) is 6.08 Å². The van der Waals surface area contributed by atoms with Crippen LogP contribution in [0.1, 0.15) is 18.4 Å². The number of thiocarbonyl (C=S) groups is 1. The minimum Gasteiger partial charge on any atom is -0.481 e. The van der Waals surface area contributed by atoms with Gasteiger partial charge in [-0.25, -0.2) is 4.79 Å². The summed E-state index contributed by atoms with van der Waals surface area (Å²) in [6.07, 6.45) is 4.15. The number of carboxylic acids is 2. The molecule has 23 heavy (non-hydrogen) atoms. The lowest BCUT2D eigenvalue weighted by Gasteiger charge is -2.22. The molecule has 2 rings (SSSR count). The van der Waals surface area contributed by atoms with Crippen molar-refractivity contribution in [3.8, 4) is 0 Å². The van der Waals surface area contributed by atoms with E-state index in [0.29, 0.717) is 5.56 Å². The molecule has 7 nitrogen and oxygen atoms in total. The van der Waals surface area contributed by atoms with E-state index < -0.39 is 23.9 Å². The number of nitrogens with zero attached hydrogens (tertiary/aromatic N) is 2. The molecule has 0 unspecified atom stereocenters. The quantitative estimate of drug-likeness (QED) is 0.587. The van der Waals surface area contributed by atoms with Gasteiger partial charge in [-0.15, -0.1) is 0 Å². The van der Waals surface area contributed by atoms with E-state index in [-0.39, 0.29) is 22.1 Å². The normalized spacial score (nSPS) is 17.6. The summed E-state index contributed by atoms with van der Waals surface area (Å²) >= 11 is 6.07. The Morgan fingerprint density at radius 3 is 2.74 bits per heavy atom. The van der Waals surface area contributed by atoms with E-state index in [1.54, 1.807) is 30.6 Å². The van der Waals surface area contributed by atoms with Crippen LogP contribution in [-0.4, -0.2) is 48.3 Å². The molecule has 1 amide bonds. The standard InChI is InChI=1S/C14H12N2O5S2/c17-11(18)4-3-9(13(20)21)16-12(19)10(23-14(16)22)6-8-2-1-5-15-7-8/h1-2,5-7,9H,3-4H2,(H,17,18)(H,20,21)/b10-6-/t9-/m0/s1. The largest absolute Gasteiger partial charge is 0.481 e. The highest BCUT2D eigenvalue weighted by molar-refractivity contribution is 8.26. The predicted molar refractivity (Wildman–Crippen MR) is 87.5 cm³/mol. The fourth-order valence-electron chi connectivity index (χ4n) is 1.98. The average molecular weight is 352 g/mol. The molecule has 1 aromatic rings. The number of carboxylic acid groups (broad SMARTS) is 2. The number of hydrogen-bond acceptors (Lipinski definition) is 6. The van der Waals surface area contributed by atoms with Crippen molar-refractivity contribution in [1.29, 1.82) is 0 Å². The van der Waals surface area contributed by atoms with Gasteiger partial charge in [0.15, 0.2) is 0 Å². The smallest absolute Gasteiger partial charge is 0.326 e. The minimum absolute atomic E-state index is 0.0999. The van der Waals surface area contributed by atoms with E-state index in [1.165, 1.54) is 0 Å². The SMILES string of the molecule is O=C(O)CC[C@@H](C(=O)O)N1C(=O)/C(=C/c2cccnc2)SC1=S. The first-order valence-corrected chi connectivity index (χ1v) is 7.74. The summed E-state index contributed by atoms with van der Waals surface area (Å²) in [5.74, 6) is -2.96. The lowest BCUT2D eigenvalue weighted by atomic mass is 10.1. The third kappa shape index (κ3) is 4.14. The topological polar surface area (TPSA) is 108 Å². The first kappa shape index (κ1) is 17.1. The van der Waals surface area contributed by atoms with Crippen molar-refractivity contribution in [3.63, 3.8) is 0 Å². The molecule has 0 radical (unpaired) electrons. The lowest BCUT2D eigenvalue weighted by Crippen LogP contribution is -2.44. The number of pyridine rings is 1. The van der Waals surface area contributed by atoms with Gasteiger partial charge in [0.05, 0.1) is 4.91 Å².